The van der Waals surface area contributed by atoms with Crippen LogP contribution in [0.25, 0.3) is 5.57 Å². The molecule has 0 heterocycles. The molecule has 1 aromatic rings. The Kier molecular flexibility index (Phi) is 4.10. The summed E-state index contributed by atoms with van der Waals surface area (Å²) in [6.07, 6.45) is 0. The topological polar surface area (TPSA) is 9.23 Å². The van der Waals surface area contributed by atoms with Crippen molar-refractivity contribution in [3.05, 3.63) is 34.3 Å². The highest BCUT2D eigenvalue weighted by Gasteiger charge is 2.18. The molecule has 0 aliphatic rings. The third kappa shape index (κ3) is 3.54. The Labute approximate surface area is 108 Å². The molecule has 88 valence electrons. The Morgan fingerprint density at radius 1 is 1.19 bits per heavy atom. The van der Waals surface area contributed by atoms with Crippen LogP contribution in [0, 0.1) is 0 Å². The summed E-state index contributed by atoms with van der Waals surface area (Å²) in [6, 6.07) is 3.60. The summed E-state index contributed by atoms with van der Waals surface area (Å²) in [4.78, 5) is 0. The van der Waals surface area contributed by atoms with Crippen LogP contribution in [-0.4, -0.2) is 8.32 Å². The molecular formula is C12H16Cl2OSi. The Morgan fingerprint density at radius 2 is 1.62 bits per heavy atom. The molecule has 0 aliphatic carbocycles. The van der Waals surface area contributed by atoms with Crippen molar-refractivity contribution in [3.63, 3.8) is 0 Å². The lowest BCUT2D eigenvalue weighted by atomic mass is 10.1. The van der Waals surface area contributed by atoms with E-state index in [9.17, 15) is 0 Å². The van der Waals surface area contributed by atoms with Crippen molar-refractivity contribution < 1.29 is 4.43 Å². The molecule has 4 heteroatoms. The fourth-order valence-electron chi connectivity index (χ4n) is 1.37. The first-order valence-electron chi connectivity index (χ1n) is 5.04. The van der Waals surface area contributed by atoms with Gasteiger partial charge in [-0.2, -0.15) is 0 Å². The SMILES string of the molecule is C=C(C)c1c(Cl)cc(O[Si](C)(C)C)cc1Cl. The standard InChI is InChI=1S/C12H16Cl2OSi/c1-8(2)12-10(13)6-9(7-11(12)14)15-16(3,4)5/h6-7H,1H2,2-5H3. The van der Waals surface area contributed by atoms with Gasteiger partial charge < -0.3 is 4.43 Å². The van der Waals surface area contributed by atoms with Crippen LogP contribution in [0.1, 0.15) is 12.5 Å². The van der Waals surface area contributed by atoms with Crippen molar-refractivity contribution in [2.24, 2.45) is 0 Å². The van der Waals surface area contributed by atoms with Crippen LogP contribution in [0.4, 0.5) is 0 Å². The van der Waals surface area contributed by atoms with Gasteiger partial charge in [0.25, 0.3) is 0 Å². The van der Waals surface area contributed by atoms with E-state index in [4.69, 9.17) is 27.6 Å². The van der Waals surface area contributed by atoms with Gasteiger partial charge in [0.05, 0.1) is 10.0 Å². The van der Waals surface area contributed by atoms with Crippen LogP contribution in [0.2, 0.25) is 29.7 Å². The Hall–Kier alpha value is -0.443. The predicted molar refractivity (Wildman–Crippen MR) is 75.1 cm³/mol. The van der Waals surface area contributed by atoms with Crippen LogP contribution >= 0.6 is 23.2 Å². The predicted octanol–water partition coefficient (Wildman–Crippen LogP) is 5.24. The second-order valence-corrected chi connectivity index (χ2v) is 10.00. The minimum atomic E-state index is -1.63. The molecule has 0 bridgehead atoms. The lowest BCUT2D eigenvalue weighted by Gasteiger charge is -2.20. The highest BCUT2D eigenvalue weighted by molar-refractivity contribution is 6.70. The summed E-state index contributed by atoms with van der Waals surface area (Å²) in [6.45, 7) is 12.1. The molecule has 0 unspecified atom stereocenters. The van der Waals surface area contributed by atoms with E-state index in [1.165, 1.54) is 0 Å². The van der Waals surface area contributed by atoms with E-state index < -0.39 is 8.32 Å². The van der Waals surface area contributed by atoms with Gasteiger partial charge in [-0.05, 0) is 44.3 Å². The van der Waals surface area contributed by atoms with E-state index in [0.717, 1.165) is 16.9 Å². The molecule has 1 nitrogen and oxygen atoms in total. The Balaban J connectivity index is 3.15. The fraction of sp³-hybridized carbons (Fsp3) is 0.333. The minimum Gasteiger partial charge on any atom is -0.544 e. The zero-order chi connectivity index (χ0) is 12.5. The van der Waals surface area contributed by atoms with Crippen molar-refractivity contribution in [1.82, 2.24) is 0 Å². The maximum absolute atomic E-state index is 6.15. The summed E-state index contributed by atoms with van der Waals surface area (Å²) in [5.74, 6) is 0.735. The fourth-order valence-corrected chi connectivity index (χ4v) is 2.98. The number of hydrogen-bond donors (Lipinski definition) is 0. The van der Waals surface area contributed by atoms with Crippen molar-refractivity contribution >= 4 is 37.1 Å². The number of halogens is 2. The number of rotatable bonds is 3. The van der Waals surface area contributed by atoms with Crippen LogP contribution in [0.5, 0.6) is 5.75 Å². The van der Waals surface area contributed by atoms with Crippen molar-refractivity contribution in [1.29, 1.82) is 0 Å². The monoisotopic (exact) mass is 274 g/mol. The zero-order valence-electron chi connectivity index (χ0n) is 10.0. The van der Waals surface area contributed by atoms with Gasteiger partial charge in [-0.3, -0.25) is 0 Å². The maximum Gasteiger partial charge on any atom is 0.242 e. The van der Waals surface area contributed by atoms with Gasteiger partial charge in [0, 0.05) is 5.56 Å². The molecule has 0 aromatic heterocycles. The molecular weight excluding hydrogens is 259 g/mol. The second-order valence-electron chi connectivity index (χ2n) is 4.76. The average molecular weight is 275 g/mol. The van der Waals surface area contributed by atoms with E-state index >= 15 is 0 Å². The van der Waals surface area contributed by atoms with Crippen LogP contribution in [0.3, 0.4) is 0 Å². The number of benzene rings is 1. The van der Waals surface area contributed by atoms with E-state index in [1.54, 1.807) is 12.1 Å². The molecule has 0 spiro atoms. The van der Waals surface area contributed by atoms with Gasteiger partial charge in [-0.15, -0.1) is 0 Å². The molecule has 0 saturated heterocycles. The van der Waals surface area contributed by atoms with E-state index in [1.807, 2.05) is 6.92 Å². The lowest BCUT2D eigenvalue weighted by Crippen LogP contribution is -2.29. The highest BCUT2D eigenvalue weighted by Crippen LogP contribution is 2.35. The minimum absolute atomic E-state index is 0.591. The van der Waals surface area contributed by atoms with E-state index in [-0.39, 0.29) is 0 Å². The molecule has 0 N–H and O–H groups in total. The second kappa shape index (κ2) is 4.82. The van der Waals surface area contributed by atoms with Gasteiger partial charge in [0.15, 0.2) is 0 Å². The largest absolute Gasteiger partial charge is 0.544 e. The molecule has 16 heavy (non-hydrogen) atoms. The molecule has 1 aromatic carbocycles. The van der Waals surface area contributed by atoms with Gasteiger partial charge in [0.2, 0.25) is 8.32 Å². The maximum atomic E-state index is 6.15. The van der Waals surface area contributed by atoms with Crippen molar-refractivity contribution in [3.8, 4) is 5.75 Å². The zero-order valence-corrected chi connectivity index (χ0v) is 12.5. The summed E-state index contributed by atoms with van der Waals surface area (Å²) < 4.78 is 5.84. The summed E-state index contributed by atoms with van der Waals surface area (Å²) in [5, 5.41) is 1.18. The number of allylic oxidation sites excluding steroid dienone is 1. The summed E-state index contributed by atoms with van der Waals surface area (Å²) in [5.41, 5.74) is 1.65. The normalized spacial score (nSPS) is 11.4. The molecule has 0 atom stereocenters. The average Bonchev–Trinajstić information content (AvgIpc) is 1.96. The molecule has 0 amide bonds. The Morgan fingerprint density at radius 3 is 1.94 bits per heavy atom. The highest BCUT2D eigenvalue weighted by atomic mass is 35.5. The summed E-state index contributed by atoms with van der Waals surface area (Å²) in [7, 11) is -1.63. The van der Waals surface area contributed by atoms with Crippen molar-refractivity contribution in [2.45, 2.75) is 26.6 Å². The molecule has 0 aliphatic heterocycles. The molecule has 1 rings (SSSR count). The van der Waals surface area contributed by atoms with Gasteiger partial charge in [-0.1, -0.05) is 29.8 Å². The van der Waals surface area contributed by atoms with E-state index in [2.05, 4.69) is 26.2 Å². The molecule has 0 radical (unpaired) electrons. The first kappa shape index (κ1) is 13.6. The molecule has 0 saturated carbocycles. The first-order chi connectivity index (χ1) is 7.20. The van der Waals surface area contributed by atoms with E-state index in [0.29, 0.717) is 10.0 Å². The van der Waals surface area contributed by atoms with Crippen LogP contribution in [0.15, 0.2) is 18.7 Å². The smallest absolute Gasteiger partial charge is 0.242 e. The third-order valence-corrected chi connectivity index (χ3v) is 3.31. The first-order valence-corrected chi connectivity index (χ1v) is 9.21. The summed E-state index contributed by atoms with van der Waals surface area (Å²) >= 11 is 12.3. The van der Waals surface area contributed by atoms with Gasteiger partial charge in [-0.25, -0.2) is 0 Å². The van der Waals surface area contributed by atoms with Gasteiger partial charge >= 0.3 is 0 Å². The van der Waals surface area contributed by atoms with Gasteiger partial charge in [0.1, 0.15) is 5.75 Å². The quantitative estimate of drug-likeness (QED) is 0.685. The molecule has 0 fully saturated rings. The lowest BCUT2D eigenvalue weighted by molar-refractivity contribution is 0.558. The number of hydrogen-bond acceptors (Lipinski definition) is 1. The van der Waals surface area contributed by atoms with Crippen molar-refractivity contribution in [2.75, 3.05) is 0 Å². The van der Waals surface area contributed by atoms with Crippen LogP contribution < -0.4 is 4.43 Å². The van der Waals surface area contributed by atoms with Crippen LogP contribution in [-0.2, 0) is 0 Å². The Bertz CT molecular complexity index is 399. The third-order valence-electron chi connectivity index (χ3n) is 1.87.